The van der Waals surface area contributed by atoms with Crippen molar-refractivity contribution in [1.29, 1.82) is 0 Å². The van der Waals surface area contributed by atoms with E-state index >= 15 is 0 Å². The maximum atomic E-state index is 11.5. The van der Waals surface area contributed by atoms with Gasteiger partial charge in [0.1, 0.15) is 15.6 Å². The van der Waals surface area contributed by atoms with Crippen LogP contribution in [0.4, 0.5) is 0 Å². The molecule has 5 heteroatoms. The molecule has 0 spiro atoms. The summed E-state index contributed by atoms with van der Waals surface area (Å²) in [4.78, 5) is 16.4. The summed E-state index contributed by atoms with van der Waals surface area (Å²) in [5.41, 5.74) is 2.49. The molecule has 0 atom stereocenters. The molecule has 2 rings (SSSR count). The SMILES string of the molecule is COC(=O)c1sc(-c2ccc(O)cc2C)nc1C. The topological polar surface area (TPSA) is 59.4 Å². The van der Waals surface area contributed by atoms with Crippen molar-refractivity contribution in [1.82, 2.24) is 4.98 Å². The zero-order valence-electron chi connectivity index (χ0n) is 10.4. The molecule has 0 fully saturated rings. The largest absolute Gasteiger partial charge is 0.508 e. The van der Waals surface area contributed by atoms with Crippen LogP contribution in [-0.2, 0) is 4.74 Å². The number of aromatic nitrogens is 1. The Labute approximate surface area is 109 Å². The number of hydrogen-bond acceptors (Lipinski definition) is 5. The summed E-state index contributed by atoms with van der Waals surface area (Å²) in [5.74, 6) is -0.148. The van der Waals surface area contributed by atoms with E-state index in [0.717, 1.165) is 16.1 Å². The third-order valence-corrected chi connectivity index (χ3v) is 3.78. The number of carbonyl (C=O) groups is 1. The fraction of sp³-hybridized carbons (Fsp3) is 0.231. The molecule has 0 unspecified atom stereocenters. The van der Waals surface area contributed by atoms with Crippen LogP contribution in [0.1, 0.15) is 20.9 Å². The van der Waals surface area contributed by atoms with Crippen LogP contribution in [0, 0.1) is 13.8 Å². The Kier molecular flexibility index (Phi) is 3.34. The summed E-state index contributed by atoms with van der Waals surface area (Å²) in [6.45, 7) is 3.67. The van der Waals surface area contributed by atoms with E-state index in [2.05, 4.69) is 4.98 Å². The predicted molar refractivity (Wildman–Crippen MR) is 70.0 cm³/mol. The summed E-state index contributed by atoms with van der Waals surface area (Å²) >= 11 is 1.30. The minimum Gasteiger partial charge on any atom is -0.508 e. The molecular weight excluding hydrogens is 250 g/mol. The molecule has 94 valence electrons. The third-order valence-electron chi connectivity index (χ3n) is 2.61. The van der Waals surface area contributed by atoms with Gasteiger partial charge in [-0.05, 0) is 37.6 Å². The number of methoxy groups -OCH3 is 1. The molecule has 0 bridgehead atoms. The normalized spacial score (nSPS) is 10.4. The van der Waals surface area contributed by atoms with Gasteiger partial charge < -0.3 is 9.84 Å². The van der Waals surface area contributed by atoms with Gasteiger partial charge in [0.15, 0.2) is 0 Å². The number of hydrogen-bond donors (Lipinski definition) is 1. The lowest BCUT2D eigenvalue weighted by atomic mass is 10.1. The zero-order chi connectivity index (χ0) is 13.3. The molecule has 0 radical (unpaired) electrons. The molecule has 0 aliphatic carbocycles. The molecule has 1 N–H and O–H groups in total. The highest BCUT2D eigenvalue weighted by Gasteiger charge is 2.17. The number of carbonyl (C=O) groups excluding carboxylic acids is 1. The molecule has 1 aromatic heterocycles. The summed E-state index contributed by atoms with van der Waals surface area (Å²) < 4.78 is 4.71. The average Bonchev–Trinajstić information content (AvgIpc) is 2.70. The Morgan fingerprint density at radius 1 is 1.39 bits per heavy atom. The van der Waals surface area contributed by atoms with E-state index in [-0.39, 0.29) is 11.7 Å². The summed E-state index contributed by atoms with van der Waals surface area (Å²) in [6.07, 6.45) is 0. The van der Waals surface area contributed by atoms with Crippen molar-refractivity contribution in [3.05, 3.63) is 34.3 Å². The molecule has 2 aromatic rings. The Hall–Kier alpha value is -1.88. The molecule has 0 saturated heterocycles. The van der Waals surface area contributed by atoms with Crippen LogP contribution in [0.2, 0.25) is 0 Å². The van der Waals surface area contributed by atoms with Gasteiger partial charge in [-0.15, -0.1) is 11.3 Å². The van der Waals surface area contributed by atoms with Gasteiger partial charge in [0.2, 0.25) is 0 Å². The molecule has 0 amide bonds. The zero-order valence-corrected chi connectivity index (χ0v) is 11.2. The molecule has 1 heterocycles. The number of rotatable bonds is 2. The van der Waals surface area contributed by atoms with Crippen molar-refractivity contribution in [2.75, 3.05) is 7.11 Å². The van der Waals surface area contributed by atoms with Crippen LogP contribution < -0.4 is 0 Å². The van der Waals surface area contributed by atoms with Gasteiger partial charge in [0.25, 0.3) is 0 Å². The molecule has 0 saturated carbocycles. The van der Waals surface area contributed by atoms with E-state index in [9.17, 15) is 9.90 Å². The summed E-state index contributed by atoms with van der Waals surface area (Å²) in [5, 5.41) is 10.1. The molecule has 1 aromatic carbocycles. The number of esters is 1. The monoisotopic (exact) mass is 263 g/mol. The van der Waals surface area contributed by atoms with Crippen molar-refractivity contribution < 1.29 is 14.6 Å². The molecule has 18 heavy (non-hydrogen) atoms. The number of phenols is 1. The first-order valence-corrected chi connectivity index (χ1v) is 6.20. The molecule has 0 aliphatic rings. The fourth-order valence-electron chi connectivity index (χ4n) is 1.68. The van der Waals surface area contributed by atoms with Gasteiger partial charge in [-0.25, -0.2) is 9.78 Å². The highest BCUT2D eigenvalue weighted by molar-refractivity contribution is 7.17. The van der Waals surface area contributed by atoms with E-state index in [1.165, 1.54) is 18.4 Å². The Morgan fingerprint density at radius 3 is 2.72 bits per heavy atom. The van der Waals surface area contributed by atoms with Gasteiger partial charge >= 0.3 is 5.97 Å². The smallest absolute Gasteiger partial charge is 0.349 e. The van der Waals surface area contributed by atoms with Crippen molar-refractivity contribution >= 4 is 17.3 Å². The maximum Gasteiger partial charge on any atom is 0.349 e. The highest BCUT2D eigenvalue weighted by Crippen LogP contribution is 2.31. The maximum absolute atomic E-state index is 11.5. The number of aryl methyl sites for hydroxylation is 2. The Morgan fingerprint density at radius 2 is 2.11 bits per heavy atom. The first-order chi connectivity index (χ1) is 8.52. The number of benzene rings is 1. The second-order valence-corrected chi connectivity index (χ2v) is 4.92. The van der Waals surface area contributed by atoms with Crippen LogP contribution in [0.25, 0.3) is 10.6 Å². The summed E-state index contributed by atoms with van der Waals surface area (Å²) in [7, 11) is 1.35. The Bertz CT molecular complexity index is 604. The number of phenolic OH excluding ortho intramolecular Hbond substituents is 1. The standard InChI is InChI=1S/C13H13NO3S/c1-7-6-9(15)4-5-10(7)12-14-8(2)11(18-12)13(16)17-3/h4-6,15H,1-3H3. The number of nitrogens with zero attached hydrogens (tertiary/aromatic N) is 1. The fourth-order valence-corrected chi connectivity index (χ4v) is 2.76. The van der Waals surface area contributed by atoms with Crippen LogP contribution in [0.3, 0.4) is 0 Å². The molecule has 4 nitrogen and oxygen atoms in total. The lowest BCUT2D eigenvalue weighted by Crippen LogP contribution is -1.99. The minimum absolute atomic E-state index is 0.220. The first-order valence-electron chi connectivity index (χ1n) is 5.38. The van der Waals surface area contributed by atoms with Gasteiger partial charge in [-0.3, -0.25) is 0 Å². The van der Waals surface area contributed by atoms with E-state index in [4.69, 9.17) is 4.74 Å². The number of aromatic hydroxyl groups is 1. The van der Waals surface area contributed by atoms with Crippen LogP contribution in [0.5, 0.6) is 5.75 Å². The van der Waals surface area contributed by atoms with Crippen molar-refractivity contribution in [2.24, 2.45) is 0 Å². The van der Waals surface area contributed by atoms with E-state index in [0.29, 0.717) is 10.6 Å². The lowest BCUT2D eigenvalue weighted by Gasteiger charge is -2.02. The number of thiazole rings is 1. The number of ether oxygens (including phenoxy) is 1. The third kappa shape index (κ3) is 2.22. The summed E-state index contributed by atoms with van der Waals surface area (Å²) in [6, 6.07) is 5.07. The van der Waals surface area contributed by atoms with Gasteiger partial charge in [0.05, 0.1) is 12.8 Å². The average molecular weight is 263 g/mol. The van der Waals surface area contributed by atoms with Crippen LogP contribution in [-0.4, -0.2) is 23.2 Å². The molecule has 0 aliphatic heterocycles. The second kappa shape index (κ2) is 4.78. The van der Waals surface area contributed by atoms with Gasteiger partial charge in [-0.2, -0.15) is 0 Å². The van der Waals surface area contributed by atoms with E-state index < -0.39 is 0 Å². The van der Waals surface area contributed by atoms with E-state index in [1.54, 1.807) is 25.1 Å². The van der Waals surface area contributed by atoms with Gasteiger partial charge in [0, 0.05) is 5.56 Å². The van der Waals surface area contributed by atoms with Crippen molar-refractivity contribution in [3.63, 3.8) is 0 Å². The van der Waals surface area contributed by atoms with E-state index in [1.807, 2.05) is 6.92 Å². The predicted octanol–water partition coefficient (Wildman–Crippen LogP) is 2.92. The van der Waals surface area contributed by atoms with Crippen LogP contribution >= 0.6 is 11.3 Å². The van der Waals surface area contributed by atoms with Gasteiger partial charge in [-0.1, -0.05) is 0 Å². The Balaban J connectivity index is 2.49. The van der Waals surface area contributed by atoms with Crippen molar-refractivity contribution in [2.45, 2.75) is 13.8 Å². The van der Waals surface area contributed by atoms with Crippen molar-refractivity contribution in [3.8, 4) is 16.3 Å². The lowest BCUT2D eigenvalue weighted by molar-refractivity contribution is 0.0605. The minimum atomic E-state index is -0.368. The highest BCUT2D eigenvalue weighted by atomic mass is 32.1. The molecular formula is C13H13NO3S. The first kappa shape index (κ1) is 12.6. The van der Waals surface area contributed by atoms with Crippen LogP contribution in [0.15, 0.2) is 18.2 Å². The quantitative estimate of drug-likeness (QED) is 0.846. The second-order valence-electron chi connectivity index (χ2n) is 3.92.